The molecule has 0 aromatic carbocycles. The monoisotopic (exact) mass is 198 g/mol. The minimum absolute atomic E-state index is 0.308. The lowest BCUT2D eigenvalue weighted by Crippen LogP contribution is -2.23. The third-order valence-electron chi connectivity index (χ3n) is 1.76. The van der Waals surface area contributed by atoms with Gasteiger partial charge in [-0.2, -0.15) is 0 Å². The first-order chi connectivity index (χ1) is 6.03. The molecule has 0 aliphatic heterocycles. The van der Waals surface area contributed by atoms with Crippen LogP contribution < -0.4 is 0 Å². The van der Waals surface area contributed by atoms with E-state index in [-0.39, 0.29) is 5.60 Å². The van der Waals surface area contributed by atoms with Crippen molar-refractivity contribution in [3.8, 4) is 0 Å². The topological polar surface area (TPSA) is 22.1 Å². The van der Waals surface area contributed by atoms with Gasteiger partial charge in [-0.15, -0.1) is 0 Å². The van der Waals surface area contributed by atoms with Crippen LogP contribution in [0.1, 0.15) is 19.5 Å². The van der Waals surface area contributed by atoms with Gasteiger partial charge in [0.1, 0.15) is 0 Å². The Labute approximate surface area is 83.9 Å². The van der Waals surface area contributed by atoms with Gasteiger partial charge in [0.05, 0.1) is 5.60 Å². The van der Waals surface area contributed by atoms with Gasteiger partial charge in [0, 0.05) is 30.4 Å². The number of pyridine rings is 1. The van der Waals surface area contributed by atoms with Gasteiger partial charge in [0.15, 0.2) is 0 Å². The van der Waals surface area contributed by atoms with Crippen LogP contribution in [-0.2, 0) is 4.74 Å². The third kappa shape index (κ3) is 3.33. The minimum atomic E-state index is -0.308. The van der Waals surface area contributed by atoms with Crippen molar-refractivity contribution in [1.29, 1.82) is 0 Å². The Hall–Kier alpha value is -0.600. The highest BCUT2D eigenvalue weighted by Gasteiger charge is 2.18. The fourth-order valence-electron chi connectivity index (χ4n) is 0.915. The standard InChI is InChI=1S/C10H13ClNO/c1-10(2,13-3)7-9-6-8(11)4-5-12-9/h4-7H,1-3H3. The summed E-state index contributed by atoms with van der Waals surface area (Å²) in [6.45, 7) is 3.94. The second kappa shape index (κ2) is 4.07. The van der Waals surface area contributed by atoms with E-state index in [0.29, 0.717) is 5.02 Å². The molecule has 0 N–H and O–H groups in total. The molecule has 1 radical (unpaired) electrons. The van der Waals surface area contributed by atoms with Crippen LogP contribution in [0.3, 0.4) is 0 Å². The molecule has 0 unspecified atom stereocenters. The molecule has 0 spiro atoms. The summed E-state index contributed by atoms with van der Waals surface area (Å²) in [5.74, 6) is 0. The van der Waals surface area contributed by atoms with Crippen molar-refractivity contribution >= 4 is 11.6 Å². The maximum Gasteiger partial charge on any atom is 0.0713 e. The predicted molar refractivity (Wildman–Crippen MR) is 53.7 cm³/mol. The van der Waals surface area contributed by atoms with Crippen LogP contribution in [0.15, 0.2) is 18.3 Å². The van der Waals surface area contributed by atoms with E-state index < -0.39 is 0 Å². The first-order valence-corrected chi connectivity index (χ1v) is 4.44. The summed E-state index contributed by atoms with van der Waals surface area (Å²) in [6.07, 6.45) is 3.61. The first kappa shape index (κ1) is 10.5. The third-order valence-corrected chi connectivity index (χ3v) is 2.00. The number of nitrogens with zero attached hydrogens (tertiary/aromatic N) is 1. The van der Waals surface area contributed by atoms with E-state index in [1.165, 1.54) is 0 Å². The van der Waals surface area contributed by atoms with Gasteiger partial charge in [-0.3, -0.25) is 4.98 Å². The zero-order valence-electron chi connectivity index (χ0n) is 8.04. The quantitative estimate of drug-likeness (QED) is 0.745. The molecule has 71 valence electrons. The molecule has 0 fully saturated rings. The van der Waals surface area contributed by atoms with Gasteiger partial charge in [0.2, 0.25) is 0 Å². The van der Waals surface area contributed by atoms with Gasteiger partial charge in [0.25, 0.3) is 0 Å². The number of ether oxygens (including phenoxy) is 1. The molecule has 0 aliphatic carbocycles. The van der Waals surface area contributed by atoms with Crippen LogP contribution in [0.5, 0.6) is 0 Å². The van der Waals surface area contributed by atoms with Gasteiger partial charge in [-0.25, -0.2) is 0 Å². The minimum Gasteiger partial charge on any atom is -0.378 e. The van der Waals surface area contributed by atoms with E-state index in [9.17, 15) is 0 Å². The second-order valence-corrected chi connectivity index (χ2v) is 3.79. The fourth-order valence-corrected chi connectivity index (χ4v) is 1.08. The van der Waals surface area contributed by atoms with Crippen LogP contribution >= 0.6 is 11.6 Å². The van der Waals surface area contributed by atoms with Crippen molar-refractivity contribution in [3.63, 3.8) is 0 Å². The summed E-state index contributed by atoms with van der Waals surface area (Å²) in [7, 11) is 1.67. The number of aromatic nitrogens is 1. The molecule has 0 atom stereocenters. The molecule has 0 amide bonds. The Kier molecular flexibility index (Phi) is 3.28. The van der Waals surface area contributed by atoms with E-state index in [0.717, 1.165) is 5.69 Å². The van der Waals surface area contributed by atoms with Gasteiger partial charge < -0.3 is 4.74 Å². The van der Waals surface area contributed by atoms with E-state index in [2.05, 4.69) is 4.98 Å². The Morgan fingerprint density at radius 2 is 2.23 bits per heavy atom. The van der Waals surface area contributed by atoms with Gasteiger partial charge in [-0.1, -0.05) is 11.6 Å². The molecule has 13 heavy (non-hydrogen) atoms. The van der Waals surface area contributed by atoms with Gasteiger partial charge >= 0.3 is 0 Å². The molecule has 2 nitrogen and oxygen atoms in total. The maximum atomic E-state index is 5.82. The molecule has 0 bridgehead atoms. The van der Waals surface area contributed by atoms with E-state index in [4.69, 9.17) is 16.3 Å². The molecule has 0 aliphatic rings. The molecule has 1 aromatic rings. The number of hydrogen-bond acceptors (Lipinski definition) is 2. The maximum absolute atomic E-state index is 5.82. The van der Waals surface area contributed by atoms with Crippen molar-refractivity contribution < 1.29 is 4.74 Å². The van der Waals surface area contributed by atoms with Crippen molar-refractivity contribution in [1.82, 2.24) is 4.98 Å². The SMILES string of the molecule is COC(C)(C)[CH]c1cc(Cl)ccn1. The lowest BCUT2D eigenvalue weighted by molar-refractivity contribution is 0.0537. The lowest BCUT2D eigenvalue weighted by atomic mass is 10.0. The summed E-state index contributed by atoms with van der Waals surface area (Å²) in [6, 6.07) is 3.56. The van der Waals surface area contributed by atoms with E-state index in [1.807, 2.05) is 26.3 Å². The zero-order chi connectivity index (χ0) is 9.90. The molecular formula is C10H13ClNO. The smallest absolute Gasteiger partial charge is 0.0713 e. The average Bonchev–Trinajstić information content (AvgIpc) is 2.03. The fraction of sp³-hybridized carbons (Fsp3) is 0.400. The summed E-state index contributed by atoms with van der Waals surface area (Å²) in [5, 5.41) is 0.688. The van der Waals surface area contributed by atoms with E-state index >= 15 is 0 Å². The molecule has 3 heteroatoms. The molecular weight excluding hydrogens is 186 g/mol. The molecule has 0 saturated carbocycles. The number of halogens is 1. The van der Waals surface area contributed by atoms with Crippen molar-refractivity contribution in [2.75, 3.05) is 7.11 Å². The number of methoxy groups -OCH3 is 1. The predicted octanol–water partition coefficient (Wildman–Crippen LogP) is 2.71. The average molecular weight is 199 g/mol. The molecule has 1 aromatic heterocycles. The Balaban J connectivity index is 2.74. The van der Waals surface area contributed by atoms with Crippen LogP contribution in [-0.4, -0.2) is 17.7 Å². The Morgan fingerprint density at radius 3 is 2.77 bits per heavy atom. The van der Waals surface area contributed by atoms with Crippen LogP contribution in [0, 0.1) is 6.42 Å². The van der Waals surface area contributed by atoms with Crippen LogP contribution in [0.25, 0.3) is 0 Å². The number of rotatable bonds is 3. The largest absolute Gasteiger partial charge is 0.378 e. The second-order valence-electron chi connectivity index (χ2n) is 3.35. The highest BCUT2D eigenvalue weighted by Crippen LogP contribution is 2.18. The highest BCUT2D eigenvalue weighted by atomic mass is 35.5. The highest BCUT2D eigenvalue weighted by molar-refractivity contribution is 6.30. The molecule has 1 rings (SSSR count). The Bertz CT molecular complexity index is 286. The summed E-state index contributed by atoms with van der Waals surface area (Å²) >= 11 is 5.82. The Morgan fingerprint density at radius 1 is 1.54 bits per heavy atom. The van der Waals surface area contributed by atoms with Crippen LogP contribution in [0.4, 0.5) is 0 Å². The summed E-state index contributed by atoms with van der Waals surface area (Å²) in [4.78, 5) is 4.15. The lowest BCUT2D eigenvalue weighted by Gasteiger charge is -2.21. The zero-order valence-corrected chi connectivity index (χ0v) is 8.80. The first-order valence-electron chi connectivity index (χ1n) is 4.06. The summed E-state index contributed by atoms with van der Waals surface area (Å²) in [5.41, 5.74) is 0.525. The van der Waals surface area contributed by atoms with E-state index in [1.54, 1.807) is 19.4 Å². The molecule has 0 saturated heterocycles. The normalized spacial score (nSPS) is 11.7. The van der Waals surface area contributed by atoms with Crippen molar-refractivity contribution in [2.45, 2.75) is 19.4 Å². The van der Waals surface area contributed by atoms with Gasteiger partial charge in [-0.05, 0) is 26.0 Å². The van der Waals surface area contributed by atoms with Crippen LogP contribution in [0.2, 0.25) is 5.02 Å². The number of hydrogen-bond donors (Lipinski definition) is 0. The van der Waals surface area contributed by atoms with Crippen molar-refractivity contribution in [2.24, 2.45) is 0 Å². The summed E-state index contributed by atoms with van der Waals surface area (Å²) < 4.78 is 5.24. The van der Waals surface area contributed by atoms with Crippen molar-refractivity contribution in [3.05, 3.63) is 35.5 Å². The molecule has 1 heterocycles.